The van der Waals surface area contributed by atoms with Crippen LogP contribution in [-0.2, 0) is 11.3 Å². The summed E-state index contributed by atoms with van der Waals surface area (Å²) in [4.78, 5) is 37.0. The Morgan fingerprint density at radius 2 is 2.22 bits per heavy atom. The fourth-order valence-electron chi connectivity index (χ4n) is 2.31. The quantitative estimate of drug-likeness (QED) is 0.785. The molecule has 0 saturated carbocycles. The van der Waals surface area contributed by atoms with Crippen LogP contribution in [0.5, 0.6) is 5.75 Å². The van der Waals surface area contributed by atoms with Crippen molar-refractivity contribution < 1.29 is 19.1 Å². The van der Waals surface area contributed by atoms with Crippen LogP contribution in [0, 0.1) is 18.3 Å². The predicted octanol–water partition coefficient (Wildman–Crippen LogP) is 0.356. The summed E-state index contributed by atoms with van der Waals surface area (Å²) in [6, 6.07) is 4.59. The first-order chi connectivity index (χ1) is 11.0. The Balaban J connectivity index is 2.09. The van der Waals surface area contributed by atoms with Crippen LogP contribution in [0.1, 0.15) is 15.9 Å². The number of rotatable bonds is 4. The van der Waals surface area contributed by atoms with Crippen molar-refractivity contribution in [3.8, 4) is 18.1 Å². The molecular weight excluding hydrogens is 298 g/mol. The van der Waals surface area contributed by atoms with Gasteiger partial charge in [-0.05, 0) is 17.7 Å². The Labute approximate surface area is 134 Å². The highest BCUT2D eigenvalue weighted by Crippen LogP contribution is 2.27. The molecule has 1 aromatic rings. The fourth-order valence-corrected chi connectivity index (χ4v) is 2.31. The Morgan fingerprint density at radius 3 is 2.83 bits per heavy atom. The van der Waals surface area contributed by atoms with Crippen molar-refractivity contribution in [3.05, 3.63) is 29.3 Å². The maximum atomic E-state index is 12.4. The molecule has 0 unspecified atom stereocenters. The molecule has 7 nitrogen and oxygen atoms in total. The minimum absolute atomic E-state index is 0.0369. The van der Waals surface area contributed by atoms with Crippen molar-refractivity contribution in [3.63, 3.8) is 0 Å². The molecule has 1 atom stereocenters. The van der Waals surface area contributed by atoms with Gasteiger partial charge in [-0.25, -0.2) is 4.79 Å². The number of imide groups is 1. The lowest BCUT2D eigenvalue weighted by Gasteiger charge is -2.19. The molecule has 4 amide bonds. The van der Waals surface area contributed by atoms with E-state index in [4.69, 9.17) is 11.2 Å². The molecule has 0 radical (unpaired) electrons. The molecule has 7 heteroatoms. The Morgan fingerprint density at radius 1 is 1.48 bits per heavy atom. The Kier molecular flexibility index (Phi) is 4.86. The minimum atomic E-state index is -0.910. The van der Waals surface area contributed by atoms with Crippen molar-refractivity contribution in [1.29, 1.82) is 0 Å². The molecule has 0 aliphatic carbocycles. The molecule has 2 N–H and O–H groups in total. The number of urea groups is 1. The third-order valence-electron chi connectivity index (χ3n) is 3.58. The number of amides is 4. The van der Waals surface area contributed by atoms with E-state index < -0.39 is 17.9 Å². The zero-order chi connectivity index (χ0) is 17.0. The average molecular weight is 315 g/mol. The summed E-state index contributed by atoms with van der Waals surface area (Å²) in [5.41, 5.74) is 1.38. The molecule has 1 heterocycles. The second-order valence-corrected chi connectivity index (χ2v) is 5.00. The van der Waals surface area contributed by atoms with E-state index in [9.17, 15) is 14.4 Å². The first-order valence-corrected chi connectivity index (χ1v) is 6.95. The number of benzene rings is 1. The largest absolute Gasteiger partial charge is 0.497 e. The molecular formula is C16H17N3O4. The van der Waals surface area contributed by atoms with Gasteiger partial charge in [-0.15, -0.1) is 6.42 Å². The van der Waals surface area contributed by atoms with Gasteiger partial charge < -0.3 is 15.0 Å². The number of terminal acetylenes is 1. The van der Waals surface area contributed by atoms with E-state index in [0.717, 1.165) is 5.56 Å². The highest BCUT2D eigenvalue weighted by molar-refractivity contribution is 6.00. The summed E-state index contributed by atoms with van der Waals surface area (Å²) < 4.78 is 5.11. The van der Waals surface area contributed by atoms with Gasteiger partial charge in [0.05, 0.1) is 7.11 Å². The number of carbonyl (C=O) groups excluding carboxylic acids is 3. The van der Waals surface area contributed by atoms with Gasteiger partial charge in [-0.1, -0.05) is 12.0 Å². The number of methoxy groups -OCH3 is 1. The Hall–Kier alpha value is -3.01. The second kappa shape index (κ2) is 6.83. The van der Waals surface area contributed by atoms with E-state index >= 15 is 0 Å². The number of fused-ring (bicyclic) bond motifs is 1. The normalized spacial score (nSPS) is 13.8. The molecule has 0 aromatic heterocycles. The molecule has 0 fully saturated rings. The van der Waals surface area contributed by atoms with Gasteiger partial charge in [-0.3, -0.25) is 14.9 Å². The SMILES string of the molecule is C#C[C@@H](CN1Cc2ccc(OC)cc2C1=O)C(=O)NC(=O)NC. The van der Waals surface area contributed by atoms with Gasteiger partial charge >= 0.3 is 6.03 Å². The number of nitrogens with zero attached hydrogens (tertiary/aromatic N) is 1. The third-order valence-corrected chi connectivity index (χ3v) is 3.58. The van der Waals surface area contributed by atoms with Crippen LogP contribution in [-0.4, -0.2) is 43.4 Å². The molecule has 1 aliphatic heterocycles. The van der Waals surface area contributed by atoms with Crippen molar-refractivity contribution >= 4 is 17.8 Å². The van der Waals surface area contributed by atoms with Gasteiger partial charge in [0.1, 0.15) is 11.7 Å². The van der Waals surface area contributed by atoms with Crippen LogP contribution in [0.2, 0.25) is 0 Å². The monoisotopic (exact) mass is 315 g/mol. The molecule has 120 valence electrons. The van der Waals surface area contributed by atoms with Crippen molar-refractivity contribution in [1.82, 2.24) is 15.5 Å². The minimum Gasteiger partial charge on any atom is -0.497 e. The summed E-state index contributed by atoms with van der Waals surface area (Å²) in [6.07, 6.45) is 5.36. The predicted molar refractivity (Wildman–Crippen MR) is 82.7 cm³/mol. The zero-order valence-electron chi connectivity index (χ0n) is 12.9. The van der Waals surface area contributed by atoms with E-state index in [0.29, 0.717) is 17.9 Å². The zero-order valence-corrected chi connectivity index (χ0v) is 12.9. The molecule has 0 bridgehead atoms. The number of carbonyl (C=O) groups is 3. The van der Waals surface area contributed by atoms with Crippen molar-refractivity contribution in [2.75, 3.05) is 20.7 Å². The van der Waals surface area contributed by atoms with E-state index in [2.05, 4.69) is 16.6 Å². The number of nitrogens with one attached hydrogen (secondary N) is 2. The van der Waals surface area contributed by atoms with E-state index in [-0.39, 0.29) is 12.5 Å². The number of hydrogen-bond acceptors (Lipinski definition) is 4. The van der Waals surface area contributed by atoms with E-state index in [1.807, 2.05) is 6.07 Å². The van der Waals surface area contributed by atoms with Crippen LogP contribution < -0.4 is 15.4 Å². The van der Waals surface area contributed by atoms with Crippen LogP contribution in [0.25, 0.3) is 0 Å². The van der Waals surface area contributed by atoms with Gasteiger partial charge in [-0.2, -0.15) is 0 Å². The van der Waals surface area contributed by atoms with Gasteiger partial charge in [0.25, 0.3) is 5.91 Å². The van der Waals surface area contributed by atoms with Crippen LogP contribution in [0.3, 0.4) is 0 Å². The lowest BCUT2D eigenvalue weighted by molar-refractivity contribution is -0.122. The van der Waals surface area contributed by atoms with Crippen LogP contribution in [0.4, 0.5) is 4.79 Å². The van der Waals surface area contributed by atoms with E-state index in [1.54, 1.807) is 12.1 Å². The molecule has 1 aromatic carbocycles. The van der Waals surface area contributed by atoms with Crippen LogP contribution >= 0.6 is 0 Å². The summed E-state index contributed by atoms with van der Waals surface area (Å²) in [5, 5.41) is 4.39. The summed E-state index contributed by atoms with van der Waals surface area (Å²) >= 11 is 0. The van der Waals surface area contributed by atoms with Crippen LogP contribution in [0.15, 0.2) is 18.2 Å². The average Bonchev–Trinajstić information content (AvgIpc) is 2.87. The molecule has 0 spiro atoms. The van der Waals surface area contributed by atoms with Gasteiger partial charge in [0, 0.05) is 25.7 Å². The number of hydrogen-bond donors (Lipinski definition) is 2. The second-order valence-electron chi connectivity index (χ2n) is 5.00. The molecule has 23 heavy (non-hydrogen) atoms. The van der Waals surface area contributed by atoms with Gasteiger partial charge in [0.2, 0.25) is 5.91 Å². The van der Waals surface area contributed by atoms with E-state index in [1.165, 1.54) is 19.1 Å². The highest BCUT2D eigenvalue weighted by Gasteiger charge is 2.31. The number of ether oxygens (including phenoxy) is 1. The third kappa shape index (κ3) is 3.43. The first kappa shape index (κ1) is 16.4. The maximum absolute atomic E-state index is 12.4. The summed E-state index contributed by atoms with van der Waals surface area (Å²) in [6.45, 7) is 0.402. The fraction of sp³-hybridized carbons (Fsp3) is 0.312. The van der Waals surface area contributed by atoms with Gasteiger partial charge in [0.15, 0.2) is 0 Å². The summed E-state index contributed by atoms with van der Waals surface area (Å²) in [5.74, 6) is 1.16. The highest BCUT2D eigenvalue weighted by atomic mass is 16.5. The maximum Gasteiger partial charge on any atom is 0.321 e. The molecule has 1 aliphatic rings. The smallest absolute Gasteiger partial charge is 0.321 e. The van der Waals surface area contributed by atoms with Crippen molar-refractivity contribution in [2.24, 2.45) is 5.92 Å². The lowest BCUT2D eigenvalue weighted by Crippen LogP contribution is -2.44. The summed E-state index contributed by atoms with van der Waals surface area (Å²) in [7, 11) is 2.91. The topological polar surface area (TPSA) is 87.7 Å². The first-order valence-electron chi connectivity index (χ1n) is 6.95. The lowest BCUT2D eigenvalue weighted by atomic mass is 10.1. The molecule has 0 saturated heterocycles. The van der Waals surface area contributed by atoms with Crippen molar-refractivity contribution in [2.45, 2.75) is 6.54 Å². The Bertz CT molecular complexity index is 693. The standard InChI is InChI=1S/C16H17N3O4/c1-4-10(14(20)18-16(22)17-2)8-19-9-11-5-6-12(23-3)7-13(11)15(19)21/h1,5-7,10H,8-9H2,2-3H3,(H2,17,18,20,22)/t10-/m0/s1. The molecule has 2 rings (SSSR count).